The van der Waals surface area contributed by atoms with Gasteiger partial charge in [0, 0.05) is 66.1 Å². The molecular weight excluding hydrogens is 637 g/mol. The van der Waals surface area contributed by atoms with Gasteiger partial charge in [-0.05, 0) is 26.0 Å². The van der Waals surface area contributed by atoms with E-state index in [1.54, 1.807) is 0 Å². The molecule has 0 bridgehead atoms. The molecule has 1 N–H and O–H groups in total. The number of fused-ring (bicyclic) bond motifs is 6. The average molecular weight is 664 g/mol. The Kier molecular flexibility index (Phi) is 7.58. The first-order valence-electron chi connectivity index (χ1n) is 11.9. The maximum absolute atomic E-state index is 10.0. The molecule has 5 heteroatoms. The molecule has 0 fully saturated rings. The van der Waals surface area contributed by atoms with E-state index in [9.17, 15) is 4.79 Å². The van der Waals surface area contributed by atoms with E-state index in [-0.39, 0.29) is 31.6 Å². The zero-order valence-corrected chi connectivity index (χ0v) is 23.6. The molecule has 187 valence electrons. The van der Waals surface area contributed by atoms with E-state index >= 15 is 0 Å². The Bertz CT molecular complexity index is 1810. The first-order valence-corrected chi connectivity index (χ1v) is 11.9. The molecule has 0 saturated carbocycles. The third-order valence-electron chi connectivity index (χ3n) is 6.50. The Balaban J connectivity index is 0.000000356. The molecule has 1 radical (unpaired) electrons. The molecule has 0 atom stereocenters. The Morgan fingerprint density at radius 1 is 0.919 bits per heavy atom. The van der Waals surface area contributed by atoms with Crippen LogP contribution in [0.3, 0.4) is 0 Å². The number of ketones is 1. The first-order chi connectivity index (χ1) is 17.4. The van der Waals surface area contributed by atoms with Crippen LogP contribution in [0, 0.1) is 13.0 Å². The van der Waals surface area contributed by atoms with Gasteiger partial charge in [-0.3, -0.25) is 9.78 Å². The summed E-state index contributed by atoms with van der Waals surface area (Å²) < 4.78 is 2.28. The van der Waals surface area contributed by atoms with E-state index in [2.05, 4.69) is 103 Å². The summed E-state index contributed by atoms with van der Waals surface area (Å²) in [4.78, 5) is 15.2. The van der Waals surface area contributed by atoms with E-state index in [4.69, 9.17) is 10.1 Å². The molecule has 0 aliphatic heterocycles. The molecule has 4 aromatic carbocycles. The minimum Gasteiger partial charge on any atom is -0.512 e. The van der Waals surface area contributed by atoms with E-state index in [0.29, 0.717) is 0 Å². The third kappa shape index (κ3) is 4.81. The van der Waals surface area contributed by atoms with Crippen molar-refractivity contribution >= 4 is 49.3 Å². The summed E-state index contributed by atoms with van der Waals surface area (Å²) in [6.07, 6.45) is 1.17. The summed E-state index contributed by atoms with van der Waals surface area (Å²) >= 11 is 0. The fourth-order valence-electron chi connectivity index (χ4n) is 4.97. The molecule has 37 heavy (non-hydrogen) atoms. The summed E-state index contributed by atoms with van der Waals surface area (Å²) in [6, 6.07) is 31.2. The molecule has 4 nitrogen and oxygen atoms in total. The standard InChI is InChI=1S/C27H19N2.C5H8O2.Ir/c1-17-19-10-4-3-9-18(19)15-16-20(17)26-27-25(21-11-5-7-13-23(21)28-26)22-12-6-8-14-24(22)29(27)2;1-4(6)3-5(2)7;/h3-15H,1-2H3;3,6H,1-2H3;/q-1;;/b;4-3-;. The van der Waals surface area contributed by atoms with Crippen molar-refractivity contribution in [3.63, 3.8) is 0 Å². The minimum atomic E-state index is -0.125. The number of aromatic nitrogens is 2. The Morgan fingerprint density at radius 3 is 2.22 bits per heavy atom. The van der Waals surface area contributed by atoms with Crippen molar-refractivity contribution in [1.29, 1.82) is 0 Å². The molecule has 0 amide bonds. The summed E-state index contributed by atoms with van der Waals surface area (Å²) in [5, 5.41) is 14.6. The van der Waals surface area contributed by atoms with Gasteiger partial charge >= 0.3 is 0 Å². The van der Waals surface area contributed by atoms with Gasteiger partial charge in [-0.1, -0.05) is 78.4 Å². The summed E-state index contributed by atoms with van der Waals surface area (Å²) in [5.74, 6) is -0.0625. The van der Waals surface area contributed by atoms with Crippen LogP contribution in [0.4, 0.5) is 0 Å². The van der Waals surface area contributed by atoms with Crippen LogP contribution in [0.15, 0.2) is 90.7 Å². The van der Waals surface area contributed by atoms with Gasteiger partial charge in [0.25, 0.3) is 0 Å². The van der Waals surface area contributed by atoms with Crippen molar-refractivity contribution in [3.05, 3.63) is 102 Å². The number of aliphatic hydroxyl groups is 1. The van der Waals surface area contributed by atoms with E-state index in [0.717, 1.165) is 16.8 Å². The summed E-state index contributed by atoms with van der Waals surface area (Å²) in [6.45, 7) is 5.03. The van der Waals surface area contributed by atoms with Gasteiger partial charge < -0.3 is 9.67 Å². The SMILES string of the molecule is CC(=O)/C=C(/C)O.Cc1c(-c2nc3ccccc3c3c4ccccc4n(C)c23)[c-]cc2ccccc12.[Ir]. The van der Waals surface area contributed by atoms with Crippen LogP contribution in [0.25, 0.3) is 54.7 Å². The van der Waals surface area contributed by atoms with Crippen molar-refractivity contribution in [2.24, 2.45) is 7.05 Å². The van der Waals surface area contributed by atoms with Crippen LogP contribution in [0.2, 0.25) is 0 Å². The number of aliphatic hydroxyl groups excluding tert-OH is 1. The smallest absolute Gasteiger partial charge is 0.155 e. The monoisotopic (exact) mass is 664 g/mol. The van der Waals surface area contributed by atoms with Crippen molar-refractivity contribution < 1.29 is 30.0 Å². The third-order valence-corrected chi connectivity index (χ3v) is 6.50. The van der Waals surface area contributed by atoms with Gasteiger partial charge in [0.05, 0.1) is 11.3 Å². The molecule has 2 heterocycles. The zero-order chi connectivity index (χ0) is 25.4. The van der Waals surface area contributed by atoms with Gasteiger partial charge in [-0.15, -0.1) is 23.3 Å². The number of benzene rings is 4. The van der Waals surface area contributed by atoms with Crippen LogP contribution < -0.4 is 0 Å². The molecular formula is C32H27IrN2O2-. The maximum Gasteiger partial charge on any atom is 0.155 e. The number of carbonyl (C=O) groups excluding carboxylic acids is 1. The largest absolute Gasteiger partial charge is 0.512 e. The quantitative estimate of drug-likeness (QED) is 0.117. The normalized spacial score (nSPS) is 11.4. The van der Waals surface area contributed by atoms with Crippen LogP contribution in [-0.4, -0.2) is 20.4 Å². The number of rotatable bonds is 2. The fourth-order valence-corrected chi connectivity index (χ4v) is 4.97. The Morgan fingerprint density at radius 2 is 1.54 bits per heavy atom. The van der Waals surface area contributed by atoms with Gasteiger partial charge in [0.2, 0.25) is 0 Å². The van der Waals surface area contributed by atoms with E-state index < -0.39 is 0 Å². The number of allylic oxidation sites excluding steroid dienone is 2. The van der Waals surface area contributed by atoms with Crippen LogP contribution in [0.1, 0.15) is 19.4 Å². The number of hydrogen-bond acceptors (Lipinski definition) is 3. The maximum atomic E-state index is 10.0. The average Bonchev–Trinajstić information content (AvgIpc) is 3.17. The molecule has 6 aromatic rings. The van der Waals surface area contributed by atoms with Crippen molar-refractivity contribution in [1.82, 2.24) is 9.55 Å². The number of carbonyl (C=O) groups is 1. The molecule has 2 aromatic heterocycles. The summed E-state index contributed by atoms with van der Waals surface area (Å²) in [5.41, 5.74) is 6.70. The fraction of sp³-hybridized carbons (Fsp3) is 0.125. The first kappa shape index (κ1) is 26.3. The second kappa shape index (κ2) is 10.7. The van der Waals surface area contributed by atoms with Crippen molar-refractivity contribution in [2.45, 2.75) is 20.8 Å². The van der Waals surface area contributed by atoms with Crippen molar-refractivity contribution in [2.75, 3.05) is 0 Å². The number of nitrogens with zero attached hydrogens (tertiary/aromatic N) is 2. The number of pyridine rings is 1. The molecule has 0 unspecified atom stereocenters. The molecule has 6 rings (SSSR count). The number of aryl methyl sites for hydroxylation is 2. The topological polar surface area (TPSA) is 55.1 Å². The second-order valence-corrected chi connectivity index (χ2v) is 9.05. The van der Waals surface area contributed by atoms with Crippen LogP contribution in [0.5, 0.6) is 0 Å². The van der Waals surface area contributed by atoms with Crippen LogP contribution >= 0.6 is 0 Å². The van der Waals surface area contributed by atoms with Gasteiger partial charge in [-0.2, -0.15) is 0 Å². The van der Waals surface area contributed by atoms with E-state index in [1.165, 1.54) is 63.5 Å². The summed E-state index contributed by atoms with van der Waals surface area (Å²) in [7, 11) is 2.14. The van der Waals surface area contributed by atoms with Gasteiger partial charge in [-0.25, -0.2) is 0 Å². The predicted molar refractivity (Wildman–Crippen MR) is 149 cm³/mol. The predicted octanol–water partition coefficient (Wildman–Crippen LogP) is 7.84. The van der Waals surface area contributed by atoms with Gasteiger partial charge in [0.1, 0.15) is 0 Å². The second-order valence-electron chi connectivity index (χ2n) is 9.05. The zero-order valence-electron chi connectivity index (χ0n) is 21.2. The number of para-hydroxylation sites is 2. The molecule has 0 saturated heterocycles. The van der Waals surface area contributed by atoms with Gasteiger partial charge in [0.15, 0.2) is 5.78 Å². The van der Waals surface area contributed by atoms with Crippen molar-refractivity contribution in [3.8, 4) is 11.3 Å². The molecule has 0 spiro atoms. The Hall–Kier alpha value is -3.79. The number of hydrogen-bond donors (Lipinski definition) is 1. The van der Waals surface area contributed by atoms with E-state index in [1.807, 2.05) is 0 Å². The molecule has 0 aliphatic carbocycles. The Labute approximate surface area is 229 Å². The molecule has 0 aliphatic rings. The minimum absolute atomic E-state index is 0. The van der Waals surface area contributed by atoms with Crippen LogP contribution in [-0.2, 0) is 31.9 Å².